The molecule has 110 valence electrons. The van der Waals surface area contributed by atoms with E-state index in [-0.39, 0.29) is 19.3 Å². The summed E-state index contributed by atoms with van der Waals surface area (Å²) in [6.45, 7) is 0.301. The van der Waals surface area contributed by atoms with Crippen LogP contribution in [0.1, 0.15) is 19.3 Å². The average molecular weight is 284 g/mol. The van der Waals surface area contributed by atoms with Crippen LogP contribution in [0.25, 0.3) is 0 Å². The number of nitrogens with one attached hydrogen (secondary N) is 1. The van der Waals surface area contributed by atoms with Crippen molar-refractivity contribution in [2.45, 2.75) is 31.8 Å². The van der Waals surface area contributed by atoms with Gasteiger partial charge in [-0.05, 0) is 6.42 Å². The van der Waals surface area contributed by atoms with Gasteiger partial charge in [-0.15, -0.1) is 0 Å². The molecule has 20 heavy (non-hydrogen) atoms. The van der Waals surface area contributed by atoms with Gasteiger partial charge in [-0.3, -0.25) is 14.3 Å². The van der Waals surface area contributed by atoms with Gasteiger partial charge < -0.3 is 15.2 Å². The minimum absolute atomic E-state index is 0.0168. The van der Waals surface area contributed by atoms with Crippen molar-refractivity contribution >= 4 is 17.8 Å². The van der Waals surface area contributed by atoms with E-state index < -0.39 is 23.9 Å². The zero-order valence-electron chi connectivity index (χ0n) is 11.0. The van der Waals surface area contributed by atoms with E-state index >= 15 is 0 Å². The molecule has 1 unspecified atom stereocenters. The summed E-state index contributed by atoms with van der Waals surface area (Å²) in [5.41, 5.74) is 0. The maximum atomic E-state index is 11.6. The van der Waals surface area contributed by atoms with Gasteiger partial charge in [0.25, 0.3) is 0 Å². The van der Waals surface area contributed by atoms with E-state index in [0.29, 0.717) is 6.54 Å². The lowest BCUT2D eigenvalue weighted by molar-refractivity contribution is -0.144. The van der Waals surface area contributed by atoms with Crippen LogP contribution in [0.4, 0.5) is 0 Å². The summed E-state index contributed by atoms with van der Waals surface area (Å²) in [5, 5.41) is 15.1. The van der Waals surface area contributed by atoms with Crippen LogP contribution in [0, 0.1) is 0 Å². The first kappa shape index (κ1) is 15.6. The Hall–Kier alpha value is -2.45. The van der Waals surface area contributed by atoms with E-state index in [0.717, 1.165) is 0 Å². The summed E-state index contributed by atoms with van der Waals surface area (Å²) in [5.74, 6) is -2.14. The molecule has 2 N–H and O–H groups in total. The lowest BCUT2D eigenvalue weighted by atomic mass is 10.1. The molecular formula is C11H16N4O5. The van der Waals surface area contributed by atoms with Gasteiger partial charge in [-0.1, -0.05) is 0 Å². The highest BCUT2D eigenvalue weighted by Gasteiger charge is 2.21. The van der Waals surface area contributed by atoms with Crippen molar-refractivity contribution in [1.82, 2.24) is 20.1 Å². The molecule has 1 amide bonds. The Bertz CT molecular complexity index is 459. The van der Waals surface area contributed by atoms with Gasteiger partial charge >= 0.3 is 11.9 Å². The number of aryl methyl sites for hydroxylation is 1. The zero-order valence-corrected chi connectivity index (χ0v) is 11.0. The molecule has 0 saturated heterocycles. The van der Waals surface area contributed by atoms with Crippen molar-refractivity contribution in [3.05, 3.63) is 12.7 Å². The van der Waals surface area contributed by atoms with Gasteiger partial charge in [0.15, 0.2) is 0 Å². The maximum absolute atomic E-state index is 11.6. The third kappa shape index (κ3) is 5.46. The van der Waals surface area contributed by atoms with Crippen LogP contribution in [-0.2, 0) is 25.7 Å². The van der Waals surface area contributed by atoms with Crippen LogP contribution in [0.5, 0.6) is 0 Å². The molecule has 1 rings (SSSR count). The number of carboxylic acids is 1. The Labute approximate surface area is 114 Å². The Morgan fingerprint density at radius 1 is 1.40 bits per heavy atom. The SMILES string of the molecule is COC(=O)CCC(NC(=O)CCn1cncn1)C(=O)O. The van der Waals surface area contributed by atoms with Gasteiger partial charge in [0.1, 0.15) is 18.7 Å². The van der Waals surface area contributed by atoms with Crippen molar-refractivity contribution in [2.24, 2.45) is 0 Å². The number of hydrogen-bond donors (Lipinski definition) is 2. The number of rotatable bonds is 8. The van der Waals surface area contributed by atoms with E-state index in [9.17, 15) is 14.4 Å². The molecule has 1 heterocycles. The predicted octanol–water partition coefficient (Wildman–Crippen LogP) is -0.809. The van der Waals surface area contributed by atoms with E-state index in [4.69, 9.17) is 5.11 Å². The summed E-state index contributed by atoms with van der Waals surface area (Å²) >= 11 is 0. The lowest BCUT2D eigenvalue weighted by Gasteiger charge is -2.13. The van der Waals surface area contributed by atoms with E-state index in [1.807, 2.05) is 0 Å². The summed E-state index contributed by atoms with van der Waals surface area (Å²) in [4.78, 5) is 37.3. The standard InChI is InChI=1S/C11H16N4O5/c1-20-10(17)3-2-8(11(18)19)14-9(16)4-5-15-7-12-6-13-15/h6-8H,2-5H2,1H3,(H,14,16)(H,18,19). The molecule has 0 bridgehead atoms. The van der Waals surface area contributed by atoms with Crippen LogP contribution in [-0.4, -0.2) is 50.9 Å². The zero-order chi connectivity index (χ0) is 15.0. The van der Waals surface area contributed by atoms with E-state index in [2.05, 4.69) is 20.1 Å². The summed E-state index contributed by atoms with van der Waals surface area (Å²) in [7, 11) is 1.22. The van der Waals surface area contributed by atoms with Crippen LogP contribution in [0.2, 0.25) is 0 Å². The van der Waals surface area contributed by atoms with Crippen molar-refractivity contribution in [3.8, 4) is 0 Å². The topological polar surface area (TPSA) is 123 Å². The second-order valence-electron chi connectivity index (χ2n) is 3.98. The molecule has 0 aromatic carbocycles. The van der Waals surface area contributed by atoms with Gasteiger partial charge in [0, 0.05) is 12.8 Å². The minimum atomic E-state index is -1.19. The molecule has 0 spiro atoms. The first-order valence-corrected chi connectivity index (χ1v) is 5.94. The van der Waals surface area contributed by atoms with Crippen LogP contribution >= 0.6 is 0 Å². The smallest absolute Gasteiger partial charge is 0.326 e. The first-order chi connectivity index (χ1) is 9.52. The van der Waals surface area contributed by atoms with Crippen LogP contribution < -0.4 is 5.32 Å². The normalized spacial score (nSPS) is 11.7. The molecule has 1 atom stereocenters. The third-order valence-corrected chi connectivity index (χ3v) is 2.53. The number of ether oxygens (including phenoxy) is 1. The molecule has 0 aliphatic heterocycles. The molecule has 9 nitrogen and oxygen atoms in total. The predicted molar refractivity (Wildman–Crippen MR) is 65.5 cm³/mol. The van der Waals surface area contributed by atoms with Crippen molar-refractivity contribution in [2.75, 3.05) is 7.11 Å². The molecule has 9 heteroatoms. The van der Waals surface area contributed by atoms with Gasteiger partial charge in [0.05, 0.1) is 13.7 Å². The first-order valence-electron chi connectivity index (χ1n) is 5.94. The minimum Gasteiger partial charge on any atom is -0.480 e. The van der Waals surface area contributed by atoms with Crippen LogP contribution in [0.15, 0.2) is 12.7 Å². The molecule has 0 aliphatic rings. The molecule has 0 radical (unpaired) electrons. The summed E-state index contributed by atoms with van der Waals surface area (Å²) < 4.78 is 5.88. The highest BCUT2D eigenvalue weighted by Crippen LogP contribution is 2.00. The quantitative estimate of drug-likeness (QED) is 0.598. The summed E-state index contributed by atoms with van der Waals surface area (Å²) in [6, 6.07) is -1.11. The largest absolute Gasteiger partial charge is 0.480 e. The van der Waals surface area contributed by atoms with Crippen molar-refractivity contribution < 1.29 is 24.2 Å². The monoisotopic (exact) mass is 284 g/mol. The highest BCUT2D eigenvalue weighted by molar-refractivity contribution is 5.83. The number of carbonyl (C=O) groups is 3. The van der Waals surface area contributed by atoms with Gasteiger partial charge in [0.2, 0.25) is 5.91 Å². The maximum Gasteiger partial charge on any atom is 0.326 e. The molecule has 0 aliphatic carbocycles. The molecule has 0 fully saturated rings. The number of aromatic nitrogens is 3. The van der Waals surface area contributed by atoms with E-state index in [1.165, 1.54) is 24.4 Å². The Kier molecular flexibility index (Phi) is 6.14. The lowest BCUT2D eigenvalue weighted by Crippen LogP contribution is -2.41. The van der Waals surface area contributed by atoms with Gasteiger partial charge in [-0.2, -0.15) is 5.10 Å². The fraction of sp³-hybridized carbons (Fsp3) is 0.545. The van der Waals surface area contributed by atoms with E-state index in [1.54, 1.807) is 0 Å². The van der Waals surface area contributed by atoms with Gasteiger partial charge in [-0.25, -0.2) is 9.78 Å². The second-order valence-corrected chi connectivity index (χ2v) is 3.98. The number of nitrogens with zero attached hydrogens (tertiary/aromatic N) is 3. The van der Waals surface area contributed by atoms with Crippen molar-refractivity contribution in [3.63, 3.8) is 0 Å². The molecule has 0 saturated carbocycles. The van der Waals surface area contributed by atoms with Crippen LogP contribution in [0.3, 0.4) is 0 Å². The molecular weight excluding hydrogens is 268 g/mol. The number of methoxy groups -OCH3 is 1. The Morgan fingerprint density at radius 3 is 2.70 bits per heavy atom. The highest BCUT2D eigenvalue weighted by atomic mass is 16.5. The molecule has 1 aromatic heterocycles. The average Bonchev–Trinajstić information content (AvgIpc) is 2.93. The number of amides is 1. The fourth-order valence-corrected chi connectivity index (χ4v) is 1.45. The Balaban J connectivity index is 2.38. The fourth-order valence-electron chi connectivity index (χ4n) is 1.45. The van der Waals surface area contributed by atoms with Crippen molar-refractivity contribution in [1.29, 1.82) is 0 Å². The number of aliphatic carboxylic acids is 1. The second kappa shape index (κ2) is 7.87. The number of esters is 1. The third-order valence-electron chi connectivity index (χ3n) is 2.53. The number of carboxylic acid groups (broad SMARTS) is 1. The molecule has 1 aromatic rings. The number of carbonyl (C=O) groups excluding carboxylic acids is 2. The Morgan fingerprint density at radius 2 is 2.15 bits per heavy atom. The number of hydrogen-bond acceptors (Lipinski definition) is 6. The summed E-state index contributed by atoms with van der Waals surface area (Å²) in [6.07, 6.45) is 2.78.